The van der Waals surface area contributed by atoms with Gasteiger partial charge in [-0.3, -0.25) is 4.40 Å². The fraction of sp³-hybridized carbons (Fsp3) is 0.133. The molecular weight excluding hydrogens is 224 g/mol. The van der Waals surface area contributed by atoms with Gasteiger partial charge < -0.3 is 4.74 Å². The third-order valence-electron chi connectivity index (χ3n) is 2.87. The molecule has 3 rings (SSSR count). The van der Waals surface area contributed by atoms with E-state index in [0.29, 0.717) is 6.61 Å². The lowest BCUT2D eigenvalue weighted by molar-refractivity contribution is 0.342. The van der Waals surface area contributed by atoms with Gasteiger partial charge in [-0.1, -0.05) is 30.3 Å². The summed E-state index contributed by atoms with van der Waals surface area (Å²) >= 11 is 0. The molecule has 0 radical (unpaired) electrons. The molecule has 0 spiro atoms. The predicted molar refractivity (Wildman–Crippen MR) is 71.8 cm³/mol. The Kier molecular flexibility index (Phi) is 2.73. The van der Waals surface area contributed by atoms with Crippen LogP contribution in [0.15, 0.2) is 54.9 Å². The Bertz CT molecular complexity index is 659. The summed E-state index contributed by atoms with van der Waals surface area (Å²) in [6, 6.07) is 14.2. The second-order valence-corrected chi connectivity index (χ2v) is 4.01. The highest BCUT2D eigenvalue weighted by atomic mass is 16.5. The zero-order valence-electron chi connectivity index (χ0n) is 10.2. The van der Waals surface area contributed by atoms with Crippen molar-refractivity contribution in [3.8, 4) is 17.0 Å². The summed E-state index contributed by atoms with van der Waals surface area (Å²) in [5.74, 6) is 0.821. The number of aromatic nitrogens is 2. The molecule has 3 aromatic rings. The van der Waals surface area contributed by atoms with Gasteiger partial charge in [0.2, 0.25) is 0 Å². The summed E-state index contributed by atoms with van der Waals surface area (Å²) in [5.41, 5.74) is 3.09. The molecule has 0 amide bonds. The van der Waals surface area contributed by atoms with Crippen LogP contribution < -0.4 is 4.74 Å². The lowest BCUT2D eigenvalue weighted by Crippen LogP contribution is -1.95. The molecule has 0 fully saturated rings. The molecule has 3 heteroatoms. The van der Waals surface area contributed by atoms with E-state index in [4.69, 9.17) is 4.74 Å². The van der Waals surface area contributed by atoms with E-state index in [-0.39, 0.29) is 0 Å². The number of benzene rings is 1. The fourth-order valence-electron chi connectivity index (χ4n) is 2.08. The molecule has 0 aliphatic heterocycles. The number of hydrogen-bond acceptors (Lipinski definition) is 2. The molecule has 3 nitrogen and oxygen atoms in total. The zero-order chi connectivity index (χ0) is 12.4. The zero-order valence-corrected chi connectivity index (χ0v) is 10.2. The molecule has 0 unspecified atom stereocenters. The topological polar surface area (TPSA) is 26.5 Å². The van der Waals surface area contributed by atoms with E-state index in [2.05, 4.69) is 21.5 Å². The molecule has 0 N–H and O–H groups in total. The van der Waals surface area contributed by atoms with Gasteiger partial charge in [-0.2, -0.15) is 0 Å². The van der Waals surface area contributed by atoms with E-state index in [1.807, 2.05) is 49.6 Å². The average molecular weight is 238 g/mol. The van der Waals surface area contributed by atoms with Gasteiger partial charge >= 0.3 is 0 Å². The van der Waals surface area contributed by atoms with Crippen LogP contribution >= 0.6 is 0 Å². The van der Waals surface area contributed by atoms with Crippen LogP contribution in [0.5, 0.6) is 5.75 Å². The van der Waals surface area contributed by atoms with Gasteiger partial charge in [-0.25, -0.2) is 4.98 Å². The molecule has 0 bridgehead atoms. The Balaban J connectivity index is 2.18. The van der Waals surface area contributed by atoms with Crippen molar-refractivity contribution < 1.29 is 4.74 Å². The van der Waals surface area contributed by atoms with E-state index in [1.54, 1.807) is 0 Å². The van der Waals surface area contributed by atoms with Gasteiger partial charge in [-0.05, 0) is 19.1 Å². The van der Waals surface area contributed by atoms with E-state index >= 15 is 0 Å². The van der Waals surface area contributed by atoms with Crippen LogP contribution in [0.2, 0.25) is 0 Å². The number of pyridine rings is 1. The minimum Gasteiger partial charge on any atom is -0.490 e. The third-order valence-corrected chi connectivity index (χ3v) is 2.87. The molecule has 18 heavy (non-hydrogen) atoms. The van der Waals surface area contributed by atoms with E-state index in [0.717, 1.165) is 22.7 Å². The van der Waals surface area contributed by atoms with Gasteiger partial charge in [0.1, 0.15) is 0 Å². The number of nitrogens with zero attached hydrogens (tertiary/aromatic N) is 2. The number of hydrogen-bond donors (Lipinski definition) is 0. The minimum absolute atomic E-state index is 0.646. The lowest BCUT2D eigenvalue weighted by atomic mass is 10.2. The maximum Gasteiger partial charge on any atom is 0.180 e. The maximum absolute atomic E-state index is 5.58. The van der Waals surface area contributed by atoms with Gasteiger partial charge in [0.05, 0.1) is 18.5 Å². The highest BCUT2D eigenvalue weighted by Gasteiger charge is 2.08. The van der Waals surface area contributed by atoms with Crippen LogP contribution in [0.3, 0.4) is 0 Å². The van der Waals surface area contributed by atoms with Crippen molar-refractivity contribution in [3.05, 3.63) is 54.9 Å². The normalized spacial score (nSPS) is 10.7. The maximum atomic E-state index is 5.58. The van der Waals surface area contributed by atoms with Crippen molar-refractivity contribution in [2.45, 2.75) is 6.92 Å². The van der Waals surface area contributed by atoms with E-state index < -0.39 is 0 Å². The van der Waals surface area contributed by atoms with E-state index in [1.165, 1.54) is 0 Å². The van der Waals surface area contributed by atoms with Gasteiger partial charge in [0.15, 0.2) is 11.4 Å². The van der Waals surface area contributed by atoms with Crippen molar-refractivity contribution >= 4 is 5.65 Å². The highest BCUT2D eigenvalue weighted by molar-refractivity contribution is 5.66. The first kappa shape index (κ1) is 10.8. The Labute approximate surface area is 106 Å². The molecule has 0 aliphatic rings. The first-order chi connectivity index (χ1) is 8.90. The molecule has 2 aromatic heterocycles. The van der Waals surface area contributed by atoms with Crippen molar-refractivity contribution in [2.75, 3.05) is 6.61 Å². The summed E-state index contributed by atoms with van der Waals surface area (Å²) in [6.45, 7) is 2.62. The van der Waals surface area contributed by atoms with Crippen molar-refractivity contribution in [3.63, 3.8) is 0 Å². The lowest BCUT2D eigenvalue weighted by Gasteiger charge is -2.06. The Morgan fingerprint density at radius 3 is 2.72 bits per heavy atom. The number of imidazole rings is 1. The third kappa shape index (κ3) is 1.74. The number of rotatable bonds is 3. The highest BCUT2D eigenvalue weighted by Crippen LogP contribution is 2.25. The van der Waals surface area contributed by atoms with E-state index in [9.17, 15) is 0 Å². The monoisotopic (exact) mass is 238 g/mol. The molecule has 1 aromatic carbocycles. The Hall–Kier alpha value is -2.29. The SMILES string of the molecule is CCOc1cccn2c(-c3ccccc3)cnc12. The smallest absolute Gasteiger partial charge is 0.180 e. The number of fused-ring (bicyclic) bond motifs is 1. The molecule has 0 saturated heterocycles. The molecule has 0 atom stereocenters. The second-order valence-electron chi connectivity index (χ2n) is 4.01. The largest absolute Gasteiger partial charge is 0.490 e. The van der Waals surface area contributed by atoms with Crippen LogP contribution in [0.4, 0.5) is 0 Å². The Morgan fingerprint density at radius 2 is 1.94 bits per heavy atom. The standard InChI is InChI=1S/C15H14N2O/c1-2-18-14-9-6-10-17-13(11-16-15(14)17)12-7-4-3-5-8-12/h3-11H,2H2,1H3. The van der Waals surface area contributed by atoms with Gasteiger partial charge in [0.25, 0.3) is 0 Å². The van der Waals surface area contributed by atoms with Crippen molar-refractivity contribution in [1.29, 1.82) is 0 Å². The molecular formula is C15H14N2O. The summed E-state index contributed by atoms with van der Waals surface area (Å²) in [6.07, 6.45) is 3.89. The van der Waals surface area contributed by atoms with Crippen LogP contribution in [0.25, 0.3) is 16.9 Å². The molecule has 0 saturated carbocycles. The van der Waals surface area contributed by atoms with Crippen molar-refractivity contribution in [1.82, 2.24) is 9.38 Å². The fourth-order valence-corrected chi connectivity index (χ4v) is 2.08. The van der Waals surface area contributed by atoms with Crippen LogP contribution in [0, 0.1) is 0 Å². The second kappa shape index (κ2) is 4.53. The molecule has 2 heterocycles. The predicted octanol–water partition coefficient (Wildman–Crippen LogP) is 3.40. The summed E-state index contributed by atoms with van der Waals surface area (Å²) in [7, 11) is 0. The van der Waals surface area contributed by atoms with Crippen LogP contribution in [-0.4, -0.2) is 16.0 Å². The molecule has 90 valence electrons. The number of ether oxygens (including phenoxy) is 1. The first-order valence-electron chi connectivity index (χ1n) is 6.04. The quantitative estimate of drug-likeness (QED) is 0.699. The van der Waals surface area contributed by atoms with Gasteiger partial charge in [0, 0.05) is 11.8 Å². The van der Waals surface area contributed by atoms with Crippen LogP contribution in [-0.2, 0) is 0 Å². The minimum atomic E-state index is 0.646. The van der Waals surface area contributed by atoms with Crippen LogP contribution in [0.1, 0.15) is 6.92 Å². The van der Waals surface area contributed by atoms with Crippen molar-refractivity contribution in [2.24, 2.45) is 0 Å². The first-order valence-corrected chi connectivity index (χ1v) is 6.04. The summed E-state index contributed by atoms with van der Waals surface area (Å²) in [5, 5.41) is 0. The average Bonchev–Trinajstić information content (AvgIpc) is 2.85. The molecule has 0 aliphatic carbocycles. The summed E-state index contributed by atoms with van der Waals surface area (Å²) in [4.78, 5) is 4.45. The summed E-state index contributed by atoms with van der Waals surface area (Å²) < 4.78 is 7.64. The Morgan fingerprint density at radius 1 is 1.11 bits per heavy atom. The van der Waals surface area contributed by atoms with Gasteiger partial charge in [-0.15, -0.1) is 0 Å².